The van der Waals surface area contributed by atoms with Crippen LogP contribution in [-0.2, 0) is 6.18 Å². The summed E-state index contributed by atoms with van der Waals surface area (Å²) in [6.07, 6.45) is -0.478. The molecule has 4 aromatic rings. The molecule has 0 spiro atoms. The Morgan fingerprint density at radius 3 is 2.52 bits per heavy atom. The lowest BCUT2D eigenvalue weighted by atomic mass is 10.1. The standard InChI is InChI=1S/C23H18F3N5O2/c1-13(2)31-20(14-5-3-6-15(11-14)23(24,25)26)30-19-16(22(31)33)7-4-8-17(19)29-21(32)18-12-27-9-10-28-18/h3-13H,1-2H3,(H,29,32). The third-order valence-corrected chi connectivity index (χ3v) is 4.94. The summed E-state index contributed by atoms with van der Waals surface area (Å²) < 4.78 is 41.2. The third-order valence-electron chi connectivity index (χ3n) is 4.94. The summed E-state index contributed by atoms with van der Waals surface area (Å²) in [5, 5.41) is 2.88. The summed E-state index contributed by atoms with van der Waals surface area (Å²) in [7, 11) is 0. The number of halogens is 3. The molecular weight excluding hydrogens is 435 g/mol. The van der Waals surface area contributed by atoms with Crippen molar-refractivity contribution in [3.63, 3.8) is 0 Å². The smallest absolute Gasteiger partial charge is 0.319 e. The minimum atomic E-state index is -4.55. The van der Waals surface area contributed by atoms with Gasteiger partial charge in [0.15, 0.2) is 0 Å². The number of hydrogen-bond donors (Lipinski definition) is 1. The van der Waals surface area contributed by atoms with Gasteiger partial charge in [-0.15, -0.1) is 0 Å². The first-order valence-electron chi connectivity index (χ1n) is 9.97. The molecule has 0 aliphatic rings. The first kappa shape index (κ1) is 22.1. The van der Waals surface area contributed by atoms with E-state index in [4.69, 9.17) is 0 Å². The molecule has 0 unspecified atom stereocenters. The highest BCUT2D eigenvalue weighted by Gasteiger charge is 2.31. The molecule has 0 saturated heterocycles. The Morgan fingerprint density at radius 1 is 1.09 bits per heavy atom. The minimum absolute atomic E-state index is 0.0585. The summed E-state index contributed by atoms with van der Waals surface area (Å²) >= 11 is 0. The molecule has 33 heavy (non-hydrogen) atoms. The fourth-order valence-electron chi connectivity index (χ4n) is 3.44. The van der Waals surface area contributed by atoms with E-state index in [1.54, 1.807) is 32.0 Å². The molecule has 0 saturated carbocycles. The van der Waals surface area contributed by atoms with Crippen LogP contribution in [0, 0.1) is 0 Å². The molecule has 0 fully saturated rings. The maximum Gasteiger partial charge on any atom is 0.416 e. The summed E-state index contributed by atoms with van der Waals surface area (Å²) in [5.74, 6) is -0.499. The van der Waals surface area contributed by atoms with Gasteiger partial charge in [-0.1, -0.05) is 18.2 Å². The number of anilines is 1. The van der Waals surface area contributed by atoms with Gasteiger partial charge >= 0.3 is 6.18 Å². The Balaban J connectivity index is 1.92. The number of benzene rings is 2. The number of hydrogen-bond acceptors (Lipinski definition) is 5. The van der Waals surface area contributed by atoms with Crippen LogP contribution < -0.4 is 10.9 Å². The normalized spacial score (nSPS) is 11.7. The number of alkyl halides is 3. The van der Waals surface area contributed by atoms with Gasteiger partial charge in [0.1, 0.15) is 17.0 Å². The van der Waals surface area contributed by atoms with Crippen molar-refractivity contribution in [2.75, 3.05) is 5.32 Å². The van der Waals surface area contributed by atoms with E-state index in [1.807, 2.05) is 0 Å². The number of carbonyl (C=O) groups excluding carboxylic acids is 1. The number of para-hydroxylation sites is 1. The summed E-state index contributed by atoms with van der Waals surface area (Å²) in [5.41, 5.74) is -0.712. The van der Waals surface area contributed by atoms with Gasteiger partial charge in [0.25, 0.3) is 11.5 Å². The molecular formula is C23H18F3N5O2. The van der Waals surface area contributed by atoms with Crippen LogP contribution in [0.3, 0.4) is 0 Å². The highest BCUT2D eigenvalue weighted by Crippen LogP contribution is 2.33. The number of nitrogens with zero attached hydrogens (tertiary/aromatic N) is 4. The van der Waals surface area contributed by atoms with Gasteiger partial charge in [-0.2, -0.15) is 13.2 Å². The monoisotopic (exact) mass is 453 g/mol. The van der Waals surface area contributed by atoms with Crippen LogP contribution in [0.4, 0.5) is 18.9 Å². The average Bonchev–Trinajstić information content (AvgIpc) is 2.79. The second-order valence-corrected chi connectivity index (χ2v) is 7.53. The molecule has 10 heteroatoms. The Bertz CT molecular complexity index is 1400. The zero-order valence-corrected chi connectivity index (χ0v) is 17.6. The molecule has 168 valence electrons. The van der Waals surface area contributed by atoms with E-state index in [-0.39, 0.29) is 39.7 Å². The van der Waals surface area contributed by atoms with E-state index in [9.17, 15) is 22.8 Å². The molecule has 0 bridgehead atoms. The average molecular weight is 453 g/mol. The second kappa shape index (κ2) is 8.45. The summed E-state index contributed by atoms with van der Waals surface area (Å²) in [4.78, 5) is 38.2. The van der Waals surface area contributed by atoms with Crippen molar-refractivity contribution in [3.05, 3.63) is 82.7 Å². The molecule has 2 heterocycles. The number of carbonyl (C=O) groups is 1. The lowest BCUT2D eigenvalue weighted by molar-refractivity contribution is -0.137. The van der Waals surface area contributed by atoms with Crippen molar-refractivity contribution in [2.45, 2.75) is 26.1 Å². The van der Waals surface area contributed by atoms with Crippen LogP contribution in [0.5, 0.6) is 0 Å². The van der Waals surface area contributed by atoms with Crippen LogP contribution in [0.15, 0.2) is 65.8 Å². The van der Waals surface area contributed by atoms with Gasteiger partial charge < -0.3 is 5.32 Å². The van der Waals surface area contributed by atoms with Gasteiger partial charge in [-0.05, 0) is 38.1 Å². The molecule has 4 rings (SSSR count). The van der Waals surface area contributed by atoms with Crippen LogP contribution in [0.1, 0.15) is 35.9 Å². The fourth-order valence-corrected chi connectivity index (χ4v) is 3.44. The van der Waals surface area contributed by atoms with E-state index in [1.165, 1.54) is 35.3 Å². The van der Waals surface area contributed by atoms with Gasteiger partial charge in [0.2, 0.25) is 0 Å². The van der Waals surface area contributed by atoms with Crippen molar-refractivity contribution in [1.82, 2.24) is 19.5 Å². The SMILES string of the molecule is CC(C)n1c(-c2cccc(C(F)(F)F)c2)nc2c(NC(=O)c3cnccn3)cccc2c1=O. The van der Waals surface area contributed by atoms with Gasteiger partial charge in [-0.25, -0.2) is 9.97 Å². The van der Waals surface area contributed by atoms with Crippen molar-refractivity contribution in [2.24, 2.45) is 0 Å². The summed E-state index contributed by atoms with van der Waals surface area (Å²) in [6, 6.07) is 8.95. The van der Waals surface area contributed by atoms with Crippen molar-refractivity contribution < 1.29 is 18.0 Å². The van der Waals surface area contributed by atoms with Crippen LogP contribution >= 0.6 is 0 Å². The molecule has 0 aliphatic carbocycles. The van der Waals surface area contributed by atoms with Crippen molar-refractivity contribution >= 4 is 22.5 Å². The van der Waals surface area contributed by atoms with Crippen LogP contribution in [0.25, 0.3) is 22.3 Å². The lowest BCUT2D eigenvalue weighted by Crippen LogP contribution is -2.26. The number of amides is 1. The van der Waals surface area contributed by atoms with Crippen molar-refractivity contribution in [1.29, 1.82) is 0 Å². The van der Waals surface area contributed by atoms with Crippen molar-refractivity contribution in [3.8, 4) is 11.4 Å². The van der Waals surface area contributed by atoms with E-state index in [0.29, 0.717) is 0 Å². The molecule has 1 N–H and O–H groups in total. The van der Waals surface area contributed by atoms with Crippen LogP contribution in [-0.4, -0.2) is 25.4 Å². The lowest BCUT2D eigenvalue weighted by Gasteiger charge is -2.18. The topological polar surface area (TPSA) is 89.8 Å². The molecule has 7 nitrogen and oxygen atoms in total. The van der Waals surface area contributed by atoms with Gasteiger partial charge in [-0.3, -0.25) is 19.1 Å². The van der Waals surface area contributed by atoms with Gasteiger partial charge in [0, 0.05) is 24.0 Å². The number of nitrogens with one attached hydrogen (secondary N) is 1. The van der Waals surface area contributed by atoms with E-state index in [0.717, 1.165) is 12.1 Å². The maximum absolute atomic E-state index is 13.3. The maximum atomic E-state index is 13.3. The Kier molecular flexibility index (Phi) is 5.67. The highest BCUT2D eigenvalue weighted by molar-refractivity contribution is 6.07. The summed E-state index contributed by atoms with van der Waals surface area (Å²) in [6.45, 7) is 3.48. The molecule has 2 aromatic heterocycles. The molecule has 1 amide bonds. The third kappa shape index (κ3) is 4.32. The van der Waals surface area contributed by atoms with Gasteiger partial charge in [0.05, 0.1) is 22.8 Å². The van der Waals surface area contributed by atoms with E-state index in [2.05, 4.69) is 20.3 Å². The minimum Gasteiger partial charge on any atom is -0.319 e. The fraction of sp³-hybridized carbons (Fsp3) is 0.174. The Labute approximate surface area is 186 Å². The Hall–Kier alpha value is -4.08. The second-order valence-electron chi connectivity index (χ2n) is 7.53. The zero-order chi connectivity index (χ0) is 23.8. The zero-order valence-electron chi connectivity index (χ0n) is 17.6. The quantitative estimate of drug-likeness (QED) is 0.484. The molecule has 0 atom stereocenters. The molecule has 0 radical (unpaired) electrons. The number of fused-ring (bicyclic) bond motifs is 1. The first-order valence-corrected chi connectivity index (χ1v) is 9.97. The predicted molar refractivity (Wildman–Crippen MR) is 117 cm³/mol. The predicted octanol–water partition coefficient (Wildman–Crippen LogP) is 4.71. The van der Waals surface area contributed by atoms with Crippen LogP contribution in [0.2, 0.25) is 0 Å². The van der Waals surface area contributed by atoms with E-state index < -0.39 is 23.2 Å². The first-order chi connectivity index (χ1) is 15.7. The molecule has 0 aliphatic heterocycles. The largest absolute Gasteiger partial charge is 0.416 e. The highest BCUT2D eigenvalue weighted by atomic mass is 19.4. The molecule has 2 aromatic carbocycles. The Morgan fingerprint density at radius 2 is 1.85 bits per heavy atom. The number of aromatic nitrogens is 4. The number of rotatable bonds is 4. The van der Waals surface area contributed by atoms with E-state index >= 15 is 0 Å².